The second-order valence-corrected chi connectivity index (χ2v) is 9.07. The highest BCUT2D eigenvalue weighted by Gasteiger charge is 2.18. The molecule has 0 aliphatic rings. The summed E-state index contributed by atoms with van der Waals surface area (Å²) in [6.45, 7) is 0. The lowest BCUT2D eigenvalue weighted by atomic mass is 10.2. The average Bonchev–Trinajstić information content (AvgIpc) is 3.14. The summed E-state index contributed by atoms with van der Waals surface area (Å²) in [5, 5.41) is 11.8. The number of sulfone groups is 1. The molecule has 4 rings (SSSR count). The third-order valence-electron chi connectivity index (χ3n) is 4.32. The van der Waals surface area contributed by atoms with E-state index in [2.05, 4.69) is 15.3 Å². The van der Waals surface area contributed by atoms with Crippen molar-refractivity contribution in [3.05, 3.63) is 94.2 Å². The van der Waals surface area contributed by atoms with Gasteiger partial charge in [-0.2, -0.15) is 14.9 Å². The number of benzene rings is 3. The van der Waals surface area contributed by atoms with Gasteiger partial charge in [0.2, 0.25) is 14.6 Å². The maximum absolute atomic E-state index is 12.8. The zero-order valence-electron chi connectivity index (χ0n) is 15.4. The number of nitrogens with zero attached hydrogens (tertiary/aromatic N) is 3. The Balaban J connectivity index is 1.66. The molecule has 0 aliphatic heterocycles. The van der Waals surface area contributed by atoms with Crippen molar-refractivity contribution in [1.29, 1.82) is 0 Å². The molecule has 0 radical (unpaired) electrons. The van der Waals surface area contributed by atoms with Crippen LogP contribution in [0, 0.1) is 4.77 Å². The molecular weight excluding hydrogens is 440 g/mol. The van der Waals surface area contributed by atoms with Crippen LogP contribution in [-0.2, 0) is 9.84 Å². The first-order valence-corrected chi connectivity index (χ1v) is 11.1. The lowest BCUT2D eigenvalue weighted by molar-refractivity contribution is 0.596. The van der Waals surface area contributed by atoms with Crippen molar-refractivity contribution in [2.45, 2.75) is 9.79 Å². The number of aromatic nitrogens is 3. The predicted octanol–water partition coefficient (Wildman–Crippen LogP) is 4.98. The van der Waals surface area contributed by atoms with Crippen LogP contribution in [-0.4, -0.2) is 29.5 Å². The quantitative estimate of drug-likeness (QED) is 0.341. The van der Waals surface area contributed by atoms with Crippen LogP contribution >= 0.6 is 23.8 Å². The zero-order chi connectivity index (χ0) is 21.1. The molecule has 3 aromatic carbocycles. The monoisotopic (exact) mass is 454 g/mol. The van der Waals surface area contributed by atoms with Crippen LogP contribution in [0.3, 0.4) is 0 Å². The fourth-order valence-electron chi connectivity index (χ4n) is 2.78. The highest BCUT2D eigenvalue weighted by molar-refractivity contribution is 7.91. The second kappa shape index (κ2) is 8.35. The zero-order valence-corrected chi connectivity index (χ0v) is 17.8. The number of rotatable bonds is 5. The molecule has 0 saturated heterocycles. The Morgan fingerprint density at radius 1 is 0.933 bits per heavy atom. The van der Waals surface area contributed by atoms with E-state index in [0.717, 1.165) is 5.56 Å². The van der Waals surface area contributed by atoms with Gasteiger partial charge in [-0.15, -0.1) is 0 Å². The minimum atomic E-state index is -3.65. The Bertz CT molecular complexity index is 1360. The van der Waals surface area contributed by atoms with Gasteiger partial charge in [0.25, 0.3) is 0 Å². The third kappa shape index (κ3) is 4.11. The van der Waals surface area contributed by atoms with Crippen LogP contribution in [0.4, 0.5) is 0 Å². The number of aromatic amines is 1. The molecule has 9 heteroatoms. The molecule has 1 aromatic heterocycles. The van der Waals surface area contributed by atoms with Crippen molar-refractivity contribution in [3.63, 3.8) is 0 Å². The van der Waals surface area contributed by atoms with Crippen LogP contribution < -0.4 is 0 Å². The van der Waals surface area contributed by atoms with Crippen molar-refractivity contribution in [2.24, 2.45) is 5.10 Å². The minimum Gasteiger partial charge on any atom is -0.250 e. The van der Waals surface area contributed by atoms with E-state index in [9.17, 15) is 8.42 Å². The lowest BCUT2D eigenvalue weighted by Gasteiger charge is -2.06. The maximum atomic E-state index is 12.8. The molecule has 30 heavy (non-hydrogen) atoms. The van der Waals surface area contributed by atoms with E-state index < -0.39 is 9.84 Å². The third-order valence-corrected chi connectivity index (χ3v) is 6.62. The van der Waals surface area contributed by atoms with Crippen molar-refractivity contribution < 1.29 is 8.42 Å². The van der Waals surface area contributed by atoms with Gasteiger partial charge < -0.3 is 0 Å². The van der Waals surface area contributed by atoms with Crippen molar-refractivity contribution in [1.82, 2.24) is 14.9 Å². The maximum Gasteiger partial charge on any atom is 0.216 e. The topological polar surface area (TPSA) is 80.1 Å². The average molecular weight is 455 g/mol. The van der Waals surface area contributed by atoms with Crippen LogP contribution in [0.5, 0.6) is 0 Å². The van der Waals surface area contributed by atoms with E-state index in [1.807, 2.05) is 30.3 Å². The van der Waals surface area contributed by atoms with Gasteiger partial charge in [0.1, 0.15) is 0 Å². The molecular formula is C21H15ClN4O2S2. The van der Waals surface area contributed by atoms with E-state index in [4.69, 9.17) is 23.8 Å². The molecule has 6 nitrogen and oxygen atoms in total. The minimum absolute atomic E-state index is 0.169. The number of hydrogen-bond donors (Lipinski definition) is 1. The number of H-pyrrole nitrogens is 1. The number of halogens is 1. The van der Waals surface area contributed by atoms with Gasteiger partial charge in [-0.05, 0) is 66.3 Å². The Labute approximate surface area is 183 Å². The van der Waals surface area contributed by atoms with E-state index >= 15 is 0 Å². The van der Waals surface area contributed by atoms with Crippen LogP contribution in [0.15, 0.2) is 93.8 Å². The normalized spacial score (nSPS) is 11.8. The van der Waals surface area contributed by atoms with Gasteiger partial charge >= 0.3 is 0 Å². The molecule has 0 amide bonds. The van der Waals surface area contributed by atoms with Gasteiger partial charge in [-0.25, -0.2) is 13.5 Å². The van der Waals surface area contributed by atoms with E-state index in [1.165, 1.54) is 28.9 Å². The molecule has 4 aromatic rings. The summed E-state index contributed by atoms with van der Waals surface area (Å²) < 4.78 is 27.4. The Morgan fingerprint density at radius 2 is 1.53 bits per heavy atom. The molecule has 150 valence electrons. The van der Waals surface area contributed by atoms with Crippen molar-refractivity contribution >= 4 is 39.9 Å². The number of nitrogens with one attached hydrogen (secondary N) is 1. The summed E-state index contributed by atoms with van der Waals surface area (Å²) in [7, 11) is -3.65. The van der Waals surface area contributed by atoms with Crippen LogP contribution in [0.25, 0.3) is 11.4 Å². The largest absolute Gasteiger partial charge is 0.250 e. The van der Waals surface area contributed by atoms with Crippen molar-refractivity contribution in [2.75, 3.05) is 0 Å². The van der Waals surface area contributed by atoms with E-state index in [1.54, 1.807) is 30.5 Å². The molecule has 1 N–H and O–H groups in total. The fourth-order valence-corrected chi connectivity index (χ4v) is 4.35. The highest BCUT2D eigenvalue weighted by Crippen LogP contribution is 2.25. The second-order valence-electron chi connectivity index (χ2n) is 6.30. The summed E-state index contributed by atoms with van der Waals surface area (Å²) in [5.74, 6) is 0.475. The highest BCUT2D eigenvalue weighted by atomic mass is 35.5. The van der Waals surface area contributed by atoms with Crippen LogP contribution in [0.2, 0.25) is 5.02 Å². The van der Waals surface area contributed by atoms with Crippen molar-refractivity contribution in [3.8, 4) is 11.4 Å². The lowest BCUT2D eigenvalue weighted by Crippen LogP contribution is -2.02. The summed E-state index contributed by atoms with van der Waals surface area (Å²) in [5.41, 5.74) is 1.58. The molecule has 0 atom stereocenters. The van der Waals surface area contributed by atoms with Gasteiger partial charge in [0, 0.05) is 10.6 Å². The predicted molar refractivity (Wildman–Crippen MR) is 119 cm³/mol. The molecule has 0 unspecified atom stereocenters. The summed E-state index contributed by atoms with van der Waals surface area (Å²) in [6, 6.07) is 22.0. The Kier molecular flexibility index (Phi) is 5.63. The molecule has 0 bridgehead atoms. The van der Waals surface area contributed by atoms with E-state index in [-0.39, 0.29) is 9.79 Å². The van der Waals surface area contributed by atoms with Gasteiger partial charge in [0.15, 0.2) is 5.82 Å². The smallest absolute Gasteiger partial charge is 0.216 e. The van der Waals surface area contributed by atoms with Crippen LogP contribution in [0.1, 0.15) is 5.56 Å². The van der Waals surface area contributed by atoms with Gasteiger partial charge in [-0.1, -0.05) is 41.9 Å². The summed E-state index contributed by atoms with van der Waals surface area (Å²) in [4.78, 5) is 0.344. The molecule has 0 spiro atoms. The Hall–Kier alpha value is -3.07. The first-order chi connectivity index (χ1) is 14.4. The van der Waals surface area contributed by atoms with Gasteiger partial charge in [0.05, 0.1) is 16.0 Å². The summed E-state index contributed by atoms with van der Waals surface area (Å²) >= 11 is 11.1. The molecule has 1 heterocycles. The van der Waals surface area contributed by atoms with E-state index in [0.29, 0.717) is 21.2 Å². The number of hydrogen-bond acceptors (Lipinski definition) is 5. The molecule has 0 fully saturated rings. The molecule has 0 saturated carbocycles. The first-order valence-electron chi connectivity index (χ1n) is 8.83. The molecule has 0 aliphatic carbocycles. The SMILES string of the molecule is O=S(=O)(c1ccc(Cl)cc1)c1ccc(-c2n[nH]c(=S)n2/N=C/c2ccccc2)cc1. The fraction of sp³-hybridized carbons (Fsp3) is 0. The first kappa shape index (κ1) is 20.2. The standard InChI is InChI=1S/C21H15ClN4O2S2/c22-17-8-12-19(13-9-17)30(27,28)18-10-6-16(7-11-18)20-24-25-21(29)26(20)23-14-15-4-2-1-3-5-15/h1-14H,(H,25,29)/b23-14+. The Morgan fingerprint density at radius 3 is 2.17 bits per heavy atom. The summed E-state index contributed by atoms with van der Waals surface area (Å²) in [6.07, 6.45) is 1.67. The van der Waals surface area contributed by atoms with Gasteiger partial charge in [-0.3, -0.25) is 0 Å².